The molecule has 0 unspecified atom stereocenters. The van der Waals surface area contributed by atoms with Crippen LogP contribution < -0.4 is 10.1 Å². The van der Waals surface area contributed by atoms with Crippen molar-refractivity contribution in [2.24, 2.45) is 5.92 Å². The summed E-state index contributed by atoms with van der Waals surface area (Å²) < 4.78 is 32.8. The Morgan fingerprint density at radius 1 is 1.25 bits per heavy atom. The number of hydrogen-bond donors (Lipinski definition) is 1. The van der Waals surface area contributed by atoms with Crippen LogP contribution in [0.5, 0.6) is 5.75 Å². The highest BCUT2D eigenvalue weighted by Crippen LogP contribution is 2.23. The molecule has 0 heterocycles. The molecule has 0 amide bonds. The Morgan fingerprint density at radius 3 is 2.45 bits per heavy atom. The second-order valence-corrected chi connectivity index (χ2v) is 6.09. The summed E-state index contributed by atoms with van der Waals surface area (Å²) in [4.78, 5) is 0. The van der Waals surface area contributed by atoms with Crippen LogP contribution in [0.3, 0.4) is 0 Å². The van der Waals surface area contributed by atoms with Gasteiger partial charge in [-0.05, 0) is 48.6 Å². The molecule has 20 heavy (non-hydrogen) atoms. The molecular formula is C15H23F2NOS. The van der Waals surface area contributed by atoms with Crippen molar-refractivity contribution in [3.63, 3.8) is 0 Å². The average Bonchev–Trinajstić information content (AvgIpc) is 2.36. The molecule has 1 aromatic carbocycles. The molecule has 0 aliphatic carbocycles. The summed E-state index contributed by atoms with van der Waals surface area (Å²) in [5.41, 5.74) is 0.595. The summed E-state index contributed by atoms with van der Waals surface area (Å²) in [6.45, 7) is 5.77. The lowest BCUT2D eigenvalue weighted by molar-refractivity contribution is 0.285. The molecule has 0 aliphatic rings. The Balaban J connectivity index is 2.56. The normalized spacial score (nSPS) is 11.1. The highest BCUT2D eigenvalue weighted by Gasteiger charge is 2.12. The van der Waals surface area contributed by atoms with Gasteiger partial charge in [0, 0.05) is 6.54 Å². The van der Waals surface area contributed by atoms with Crippen molar-refractivity contribution in [2.45, 2.75) is 26.8 Å². The Hall–Kier alpha value is -0.810. The zero-order chi connectivity index (χ0) is 15.0. The standard InChI is InChI=1S/C15H23F2NOS/c1-11(2)9-18-10-12-7-13(16)15(14(17)8-12)19-5-4-6-20-3/h7-8,11,18H,4-6,9-10H2,1-3H3. The summed E-state index contributed by atoms with van der Waals surface area (Å²) in [5.74, 6) is -0.103. The molecule has 0 radical (unpaired) electrons. The quantitative estimate of drug-likeness (QED) is 0.700. The largest absolute Gasteiger partial charge is 0.488 e. The Bertz CT molecular complexity index is 390. The molecule has 0 aliphatic heterocycles. The van der Waals surface area contributed by atoms with E-state index in [0.29, 0.717) is 24.6 Å². The SMILES string of the molecule is CSCCCOc1c(F)cc(CNCC(C)C)cc1F. The lowest BCUT2D eigenvalue weighted by atomic mass is 10.1. The first-order chi connectivity index (χ1) is 9.54. The molecule has 0 aromatic heterocycles. The van der Waals surface area contributed by atoms with E-state index in [4.69, 9.17) is 4.74 Å². The Labute approximate surface area is 124 Å². The molecule has 114 valence electrons. The van der Waals surface area contributed by atoms with Crippen LogP contribution in [0.2, 0.25) is 0 Å². The van der Waals surface area contributed by atoms with Crippen molar-refractivity contribution in [2.75, 3.05) is 25.2 Å². The molecule has 1 N–H and O–H groups in total. The van der Waals surface area contributed by atoms with E-state index in [1.165, 1.54) is 12.1 Å². The number of benzene rings is 1. The van der Waals surface area contributed by atoms with Crippen LogP contribution in [0.4, 0.5) is 8.78 Å². The van der Waals surface area contributed by atoms with Crippen molar-refractivity contribution in [3.8, 4) is 5.75 Å². The van der Waals surface area contributed by atoms with E-state index >= 15 is 0 Å². The van der Waals surface area contributed by atoms with Crippen molar-refractivity contribution in [3.05, 3.63) is 29.3 Å². The molecule has 0 bridgehead atoms. The van der Waals surface area contributed by atoms with Gasteiger partial charge >= 0.3 is 0 Å². The number of ether oxygens (including phenoxy) is 1. The molecule has 0 fully saturated rings. The van der Waals surface area contributed by atoms with Gasteiger partial charge in [-0.3, -0.25) is 0 Å². The Kier molecular flexibility index (Phi) is 7.92. The van der Waals surface area contributed by atoms with Crippen molar-refractivity contribution in [1.82, 2.24) is 5.32 Å². The van der Waals surface area contributed by atoms with Gasteiger partial charge in [0.05, 0.1) is 6.61 Å². The maximum atomic E-state index is 13.8. The minimum absolute atomic E-state index is 0.265. The smallest absolute Gasteiger partial charge is 0.190 e. The van der Waals surface area contributed by atoms with E-state index in [9.17, 15) is 8.78 Å². The van der Waals surface area contributed by atoms with Gasteiger partial charge in [0.1, 0.15) is 0 Å². The van der Waals surface area contributed by atoms with E-state index in [-0.39, 0.29) is 5.75 Å². The van der Waals surface area contributed by atoms with Gasteiger partial charge in [-0.1, -0.05) is 13.8 Å². The van der Waals surface area contributed by atoms with Crippen LogP contribution in [0, 0.1) is 17.6 Å². The summed E-state index contributed by atoms with van der Waals surface area (Å²) in [5, 5.41) is 3.16. The molecule has 0 saturated heterocycles. The molecule has 5 heteroatoms. The number of nitrogens with one attached hydrogen (secondary N) is 1. The van der Waals surface area contributed by atoms with Crippen LogP contribution in [-0.4, -0.2) is 25.2 Å². The second kappa shape index (κ2) is 9.19. The monoisotopic (exact) mass is 303 g/mol. The van der Waals surface area contributed by atoms with Gasteiger partial charge in [0.25, 0.3) is 0 Å². The molecule has 2 nitrogen and oxygen atoms in total. The van der Waals surface area contributed by atoms with Gasteiger partial charge in [-0.15, -0.1) is 0 Å². The van der Waals surface area contributed by atoms with Crippen LogP contribution >= 0.6 is 11.8 Å². The van der Waals surface area contributed by atoms with Crippen LogP contribution in [0.25, 0.3) is 0 Å². The number of rotatable bonds is 9. The first-order valence-corrected chi connectivity index (χ1v) is 8.24. The van der Waals surface area contributed by atoms with Crippen LogP contribution in [-0.2, 0) is 6.54 Å². The van der Waals surface area contributed by atoms with Gasteiger partial charge in [-0.25, -0.2) is 8.78 Å². The van der Waals surface area contributed by atoms with Crippen LogP contribution in [0.15, 0.2) is 12.1 Å². The van der Waals surface area contributed by atoms with Crippen molar-refractivity contribution < 1.29 is 13.5 Å². The third-order valence-corrected chi connectivity index (χ3v) is 3.38. The van der Waals surface area contributed by atoms with Gasteiger partial charge in [0.15, 0.2) is 17.4 Å². The minimum atomic E-state index is -0.629. The minimum Gasteiger partial charge on any atom is -0.488 e. The maximum absolute atomic E-state index is 13.8. The zero-order valence-electron chi connectivity index (χ0n) is 12.3. The summed E-state index contributed by atoms with van der Waals surface area (Å²) in [6.07, 6.45) is 2.76. The zero-order valence-corrected chi connectivity index (χ0v) is 13.2. The fourth-order valence-electron chi connectivity index (χ4n) is 1.74. The van der Waals surface area contributed by atoms with Gasteiger partial charge in [-0.2, -0.15) is 11.8 Å². The fraction of sp³-hybridized carbons (Fsp3) is 0.600. The van der Waals surface area contributed by atoms with E-state index in [1.807, 2.05) is 6.26 Å². The topological polar surface area (TPSA) is 21.3 Å². The van der Waals surface area contributed by atoms with Gasteiger partial charge < -0.3 is 10.1 Å². The van der Waals surface area contributed by atoms with E-state index in [1.54, 1.807) is 11.8 Å². The molecule has 0 saturated carbocycles. The predicted octanol–water partition coefficient (Wildman–Crippen LogP) is 3.84. The lowest BCUT2D eigenvalue weighted by Crippen LogP contribution is -2.19. The highest BCUT2D eigenvalue weighted by molar-refractivity contribution is 7.98. The third kappa shape index (κ3) is 6.09. The van der Waals surface area contributed by atoms with Gasteiger partial charge in [0.2, 0.25) is 0 Å². The predicted molar refractivity (Wildman–Crippen MR) is 81.4 cm³/mol. The van der Waals surface area contributed by atoms with E-state index in [0.717, 1.165) is 18.7 Å². The second-order valence-electron chi connectivity index (χ2n) is 5.11. The van der Waals surface area contributed by atoms with Crippen LogP contribution in [0.1, 0.15) is 25.8 Å². The van der Waals surface area contributed by atoms with E-state index in [2.05, 4.69) is 19.2 Å². The molecule has 0 atom stereocenters. The number of halogens is 2. The highest BCUT2D eigenvalue weighted by atomic mass is 32.2. The first-order valence-electron chi connectivity index (χ1n) is 6.85. The summed E-state index contributed by atoms with van der Waals surface area (Å²) >= 11 is 1.68. The number of thioether (sulfide) groups is 1. The van der Waals surface area contributed by atoms with E-state index < -0.39 is 11.6 Å². The molecule has 1 rings (SSSR count). The number of hydrogen-bond acceptors (Lipinski definition) is 3. The Morgan fingerprint density at radius 2 is 1.90 bits per heavy atom. The summed E-state index contributed by atoms with van der Waals surface area (Å²) in [7, 11) is 0. The first kappa shape index (κ1) is 17.2. The molecular weight excluding hydrogens is 280 g/mol. The lowest BCUT2D eigenvalue weighted by Gasteiger charge is -2.11. The van der Waals surface area contributed by atoms with Crippen molar-refractivity contribution >= 4 is 11.8 Å². The third-order valence-electron chi connectivity index (χ3n) is 2.68. The van der Waals surface area contributed by atoms with Crippen molar-refractivity contribution in [1.29, 1.82) is 0 Å². The maximum Gasteiger partial charge on any atom is 0.190 e. The molecule has 0 spiro atoms. The average molecular weight is 303 g/mol. The fourth-order valence-corrected chi connectivity index (χ4v) is 2.14. The molecule has 1 aromatic rings. The summed E-state index contributed by atoms with van der Waals surface area (Å²) in [6, 6.07) is 2.67.